The van der Waals surface area contributed by atoms with E-state index in [2.05, 4.69) is 19.2 Å². The van der Waals surface area contributed by atoms with Gasteiger partial charge >= 0.3 is 0 Å². The van der Waals surface area contributed by atoms with E-state index in [1.807, 2.05) is 12.1 Å². The number of anilines is 1. The second-order valence-electron chi connectivity index (χ2n) is 3.66. The van der Waals surface area contributed by atoms with Gasteiger partial charge in [0.1, 0.15) is 5.75 Å². The van der Waals surface area contributed by atoms with Crippen molar-refractivity contribution in [2.45, 2.75) is 20.3 Å². The summed E-state index contributed by atoms with van der Waals surface area (Å²) in [5, 5.41) is 12.4. The predicted octanol–water partition coefficient (Wildman–Crippen LogP) is 2.85. The lowest BCUT2D eigenvalue weighted by molar-refractivity contribution is 0.475. The van der Waals surface area contributed by atoms with Gasteiger partial charge in [-0.25, -0.2) is 0 Å². The van der Waals surface area contributed by atoms with Crippen LogP contribution in [0.5, 0.6) is 5.75 Å². The topological polar surface area (TPSA) is 32.3 Å². The summed E-state index contributed by atoms with van der Waals surface area (Å²) >= 11 is 0. The number of phenols is 1. The first kappa shape index (κ1) is 9.90. The maximum atomic E-state index is 9.18. The van der Waals surface area contributed by atoms with E-state index < -0.39 is 0 Å². The van der Waals surface area contributed by atoms with Crippen molar-refractivity contribution in [3.63, 3.8) is 0 Å². The van der Waals surface area contributed by atoms with Crippen molar-refractivity contribution in [3.05, 3.63) is 24.3 Å². The fourth-order valence-corrected chi connectivity index (χ4v) is 1.12. The van der Waals surface area contributed by atoms with E-state index in [-0.39, 0.29) is 0 Å². The van der Waals surface area contributed by atoms with Gasteiger partial charge in [0.25, 0.3) is 0 Å². The van der Waals surface area contributed by atoms with Crippen molar-refractivity contribution in [1.82, 2.24) is 0 Å². The Morgan fingerprint density at radius 1 is 1.38 bits per heavy atom. The lowest BCUT2D eigenvalue weighted by Gasteiger charge is -2.08. The molecular weight excluding hydrogens is 162 g/mol. The van der Waals surface area contributed by atoms with E-state index in [0.29, 0.717) is 11.7 Å². The molecule has 0 saturated heterocycles. The Bertz CT molecular complexity index is 258. The highest BCUT2D eigenvalue weighted by Crippen LogP contribution is 2.15. The summed E-state index contributed by atoms with van der Waals surface area (Å²) in [6.07, 6.45) is 1.15. The van der Waals surface area contributed by atoms with Crippen LogP contribution in [0.3, 0.4) is 0 Å². The van der Waals surface area contributed by atoms with Gasteiger partial charge in [-0.2, -0.15) is 0 Å². The number of phenolic OH excluding ortho intramolecular Hbond substituents is 1. The molecule has 1 aromatic carbocycles. The van der Waals surface area contributed by atoms with E-state index in [9.17, 15) is 5.11 Å². The Kier molecular flexibility index (Phi) is 3.62. The lowest BCUT2D eigenvalue weighted by Crippen LogP contribution is -2.04. The summed E-state index contributed by atoms with van der Waals surface area (Å²) in [5.74, 6) is 1.03. The fraction of sp³-hybridized carbons (Fsp3) is 0.455. The molecule has 0 atom stereocenters. The zero-order chi connectivity index (χ0) is 9.68. The summed E-state index contributed by atoms with van der Waals surface area (Å²) in [6, 6.07) is 7.21. The Morgan fingerprint density at radius 3 is 2.77 bits per heavy atom. The third-order valence-corrected chi connectivity index (χ3v) is 1.90. The maximum Gasteiger partial charge on any atom is 0.117 e. The van der Waals surface area contributed by atoms with Crippen LogP contribution in [0.2, 0.25) is 0 Å². The van der Waals surface area contributed by atoms with Crippen LogP contribution < -0.4 is 5.32 Å². The van der Waals surface area contributed by atoms with Crippen molar-refractivity contribution >= 4 is 5.69 Å². The van der Waals surface area contributed by atoms with Gasteiger partial charge in [0, 0.05) is 18.3 Å². The molecule has 0 aliphatic carbocycles. The molecule has 0 spiro atoms. The molecule has 0 amide bonds. The molecule has 13 heavy (non-hydrogen) atoms. The highest BCUT2D eigenvalue weighted by Gasteiger charge is 1.95. The molecule has 0 aromatic heterocycles. The van der Waals surface area contributed by atoms with Crippen molar-refractivity contribution in [2.75, 3.05) is 11.9 Å². The third kappa shape index (κ3) is 3.83. The van der Waals surface area contributed by atoms with E-state index in [0.717, 1.165) is 18.7 Å². The number of hydrogen-bond donors (Lipinski definition) is 2. The Hall–Kier alpha value is -1.18. The zero-order valence-electron chi connectivity index (χ0n) is 8.25. The van der Waals surface area contributed by atoms with Crippen molar-refractivity contribution in [1.29, 1.82) is 0 Å². The van der Waals surface area contributed by atoms with Crippen LogP contribution in [0.25, 0.3) is 0 Å². The molecule has 0 unspecified atom stereocenters. The van der Waals surface area contributed by atoms with Gasteiger partial charge in [0.05, 0.1) is 0 Å². The number of nitrogens with one attached hydrogen (secondary N) is 1. The average molecular weight is 179 g/mol. The minimum absolute atomic E-state index is 0.314. The molecule has 0 aliphatic rings. The van der Waals surface area contributed by atoms with Gasteiger partial charge < -0.3 is 10.4 Å². The molecule has 1 aromatic rings. The predicted molar refractivity (Wildman–Crippen MR) is 56.1 cm³/mol. The second-order valence-corrected chi connectivity index (χ2v) is 3.66. The number of benzene rings is 1. The summed E-state index contributed by atoms with van der Waals surface area (Å²) in [5.41, 5.74) is 0.987. The number of aromatic hydroxyl groups is 1. The Labute approximate surface area is 79.6 Å². The van der Waals surface area contributed by atoms with Crippen molar-refractivity contribution < 1.29 is 5.11 Å². The average Bonchev–Trinajstić information content (AvgIpc) is 2.03. The van der Waals surface area contributed by atoms with Crippen LogP contribution in [0, 0.1) is 5.92 Å². The van der Waals surface area contributed by atoms with E-state index in [4.69, 9.17) is 0 Å². The van der Waals surface area contributed by atoms with Crippen LogP contribution in [0.4, 0.5) is 5.69 Å². The van der Waals surface area contributed by atoms with Crippen molar-refractivity contribution in [2.24, 2.45) is 5.92 Å². The van der Waals surface area contributed by atoms with Crippen LogP contribution in [0.15, 0.2) is 24.3 Å². The van der Waals surface area contributed by atoms with E-state index >= 15 is 0 Å². The summed E-state index contributed by atoms with van der Waals surface area (Å²) in [7, 11) is 0. The van der Waals surface area contributed by atoms with Gasteiger partial charge in [-0.3, -0.25) is 0 Å². The van der Waals surface area contributed by atoms with Gasteiger partial charge in [0.15, 0.2) is 0 Å². The maximum absolute atomic E-state index is 9.18. The zero-order valence-corrected chi connectivity index (χ0v) is 8.25. The van der Waals surface area contributed by atoms with Gasteiger partial charge in [-0.15, -0.1) is 0 Å². The Balaban J connectivity index is 2.37. The van der Waals surface area contributed by atoms with Crippen LogP contribution >= 0.6 is 0 Å². The molecule has 2 heteroatoms. The SMILES string of the molecule is CC(C)CCNc1cccc(O)c1. The van der Waals surface area contributed by atoms with Gasteiger partial charge in [0.2, 0.25) is 0 Å². The first-order valence-corrected chi connectivity index (χ1v) is 4.71. The molecule has 0 aliphatic heterocycles. The molecule has 0 radical (unpaired) electrons. The van der Waals surface area contributed by atoms with Crippen molar-refractivity contribution in [3.8, 4) is 5.75 Å². The largest absolute Gasteiger partial charge is 0.508 e. The first-order valence-electron chi connectivity index (χ1n) is 4.71. The standard InChI is InChI=1S/C11H17NO/c1-9(2)6-7-12-10-4-3-5-11(13)8-10/h3-5,8-9,12-13H,6-7H2,1-2H3. The van der Waals surface area contributed by atoms with Crippen LogP contribution in [0.1, 0.15) is 20.3 Å². The van der Waals surface area contributed by atoms with Gasteiger partial charge in [-0.05, 0) is 24.5 Å². The molecule has 2 N–H and O–H groups in total. The highest BCUT2D eigenvalue weighted by molar-refractivity contribution is 5.47. The molecular formula is C11H17NO. The molecule has 0 fully saturated rings. The minimum atomic E-state index is 0.314. The van der Waals surface area contributed by atoms with Crippen LogP contribution in [-0.2, 0) is 0 Å². The molecule has 0 heterocycles. The highest BCUT2D eigenvalue weighted by atomic mass is 16.3. The molecule has 2 nitrogen and oxygen atoms in total. The van der Waals surface area contributed by atoms with E-state index in [1.165, 1.54) is 0 Å². The molecule has 72 valence electrons. The molecule has 0 bridgehead atoms. The molecule has 1 rings (SSSR count). The Morgan fingerprint density at radius 2 is 2.15 bits per heavy atom. The summed E-state index contributed by atoms with van der Waals surface area (Å²) in [6.45, 7) is 5.36. The molecule has 0 saturated carbocycles. The number of hydrogen-bond acceptors (Lipinski definition) is 2. The third-order valence-electron chi connectivity index (χ3n) is 1.90. The minimum Gasteiger partial charge on any atom is -0.508 e. The quantitative estimate of drug-likeness (QED) is 0.745. The smallest absolute Gasteiger partial charge is 0.117 e. The summed E-state index contributed by atoms with van der Waals surface area (Å²) in [4.78, 5) is 0. The lowest BCUT2D eigenvalue weighted by atomic mass is 10.1. The van der Waals surface area contributed by atoms with E-state index in [1.54, 1.807) is 12.1 Å². The number of rotatable bonds is 4. The van der Waals surface area contributed by atoms with Crippen LogP contribution in [-0.4, -0.2) is 11.7 Å². The first-order chi connectivity index (χ1) is 6.18. The fourth-order valence-electron chi connectivity index (χ4n) is 1.12. The normalized spacial score (nSPS) is 10.4. The summed E-state index contributed by atoms with van der Waals surface area (Å²) < 4.78 is 0. The second kappa shape index (κ2) is 4.75. The monoisotopic (exact) mass is 179 g/mol. The van der Waals surface area contributed by atoms with Gasteiger partial charge in [-0.1, -0.05) is 19.9 Å².